The van der Waals surface area contributed by atoms with Crippen LogP contribution in [0.25, 0.3) is 0 Å². The highest BCUT2D eigenvalue weighted by Gasteiger charge is 2.14. The van der Waals surface area contributed by atoms with Crippen molar-refractivity contribution in [3.05, 3.63) is 29.3 Å². The maximum absolute atomic E-state index is 5.22. The molecule has 5 heteroatoms. The molecule has 0 spiro atoms. The molecule has 0 amide bonds. The first-order valence-corrected chi connectivity index (χ1v) is 6.85. The molecule has 0 saturated carbocycles. The van der Waals surface area contributed by atoms with E-state index in [1.165, 1.54) is 22.6 Å². The molecule has 0 fully saturated rings. The quantitative estimate of drug-likeness (QED) is 0.877. The summed E-state index contributed by atoms with van der Waals surface area (Å²) in [6.07, 6.45) is 0. The summed E-state index contributed by atoms with van der Waals surface area (Å²) in [5.41, 5.74) is 3.65. The van der Waals surface area contributed by atoms with E-state index in [9.17, 15) is 0 Å². The summed E-state index contributed by atoms with van der Waals surface area (Å²) in [5.74, 6) is 1.17. The molecule has 0 saturated heterocycles. The zero-order chi connectivity index (χ0) is 13.7. The van der Waals surface area contributed by atoms with Crippen LogP contribution in [0.15, 0.2) is 23.2 Å². The van der Waals surface area contributed by atoms with Crippen LogP contribution in [0, 0.1) is 6.92 Å². The fourth-order valence-corrected chi connectivity index (χ4v) is 2.40. The number of benzene rings is 1. The molecule has 0 unspecified atom stereocenters. The molecule has 20 heavy (non-hydrogen) atoms. The fraction of sp³-hybridized carbons (Fsp3) is 0.533. The van der Waals surface area contributed by atoms with Gasteiger partial charge in [0.05, 0.1) is 19.7 Å². The molecule has 0 atom stereocenters. The van der Waals surface area contributed by atoms with E-state index in [0.29, 0.717) is 6.61 Å². The molecule has 1 aromatic rings. The Kier molecular flexibility index (Phi) is 6.82. The number of rotatable bonds is 6. The Bertz CT molecular complexity index is 462. The van der Waals surface area contributed by atoms with Crippen LogP contribution < -0.4 is 5.32 Å². The first kappa shape index (κ1) is 16.8. The number of amidine groups is 1. The van der Waals surface area contributed by atoms with E-state index >= 15 is 0 Å². The topological polar surface area (TPSA) is 36.9 Å². The predicted octanol–water partition coefficient (Wildman–Crippen LogP) is 2.71. The van der Waals surface area contributed by atoms with Crippen LogP contribution in [0.2, 0.25) is 0 Å². The van der Waals surface area contributed by atoms with Crippen LogP contribution in [-0.2, 0) is 11.3 Å². The fourth-order valence-electron chi connectivity index (χ4n) is 2.40. The van der Waals surface area contributed by atoms with Crippen LogP contribution in [0.5, 0.6) is 0 Å². The first-order chi connectivity index (χ1) is 9.26. The van der Waals surface area contributed by atoms with E-state index in [4.69, 9.17) is 4.74 Å². The van der Waals surface area contributed by atoms with Crippen molar-refractivity contribution in [2.24, 2.45) is 4.99 Å². The number of hydrogen-bond donors (Lipinski definition) is 1. The molecule has 2 rings (SSSR count). The van der Waals surface area contributed by atoms with E-state index in [1.54, 1.807) is 7.11 Å². The standard InChI is InChI=1S/C15H23N3O.ClH/c1-4-18-9-8-16-15(18)10-17-14-7-5-6-13(11-19-3)12(14)2;/h5-7,17H,4,8-11H2,1-3H3;1H. The third kappa shape index (κ3) is 3.87. The van der Waals surface area contributed by atoms with Crippen molar-refractivity contribution in [1.82, 2.24) is 4.90 Å². The molecule has 1 N–H and O–H groups in total. The first-order valence-electron chi connectivity index (χ1n) is 6.85. The number of anilines is 1. The second kappa shape index (κ2) is 8.12. The Morgan fingerprint density at radius 2 is 2.20 bits per heavy atom. The molecule has 1 aliphatic rings. The summed E-state index contributed by atoms with van der Waals surface area (Å²) in [7, 11) is 1.73. The van der Waals surface area contributed by atoms with Crippen LogP contribution in [0.4, 0.5) is 5.69 Å². The molecule has 0 aliphatic carbocycles. The van der Waals surface area contributed by atoms with E-state index in [0.717, 1.165) is 26.2 Å². The minimum Gasteiger partial charge on any atom is -0.380 e. The lowest BCUT2D eigenvalue weighted by Gasteiger charge is -2.19. The molecule has 4 nitrogen and oxygen atoms in total. The van der Waals surface area contributed by atoms with Gasteiger partial charge in [0, 0.05) is 25.9 Å². The smallest absolute Gasteiger partial charge is 0.118 e. The number of aliphatic imine (C=N–C) groups is 1. The lowest BCUT2D eigenvalue weighted by atomic mass is 10.1. The van der Waals surface area contributed by atoms with Gasteiger partial charge in [-0.15, -0.1) is 12.4 Å². The van der Waals surface area contributed by atoms with E-state index in [-0.39, 0.29) is 12.4 Å². The van der Waals surface area contributed by atoms with Gasteiger partial charge in [-0.1, -0.05) is 12.1 Å². The molecule has 0 bridgehead atoms. The highest BCUT2D eigenvalue weighted by Crippen LogP contribution is 2.19. The SMILES string of the molecule is CCN1CCN=C1CNc1cccc(COC)c1C.Cl. The Morgan fingerprint density at radius 1 is 1.40 bits per heavy atom. The zero-order valence-corrected chi connectivity index (χ0v) is 13.3. The van der Waals surface area contributed by atoms with Crippen LogP contribution >= 0.6 is 12.4 Å². The lowest BCUT2D eigenvalue weighted by Crippen LogP contribution is -2.32. The lowest BCUT2D eigenvalue weighted by molar-refractivity contribution is 0.184. The minimum atomic E-state index is 0. The van der Waals surface area contributed by atoms with Gasteiger partial charge in [0.2, 0.25) is 0 Å². The van der Waals surface area contributed by atoms with Gasteiger partial charge < -0.3 is 15.0 Å². The summed E-state index contributed by atoms with van der Waals surface area (Å²) < 4.78 is 5.22. The molecule has 112 valence electrons. The third-order valence-corrected chi connectivity index (χ3v) is 3.59. The maximum Gasteiger partial charge on any atom is 0.118 e. The molecule has 1 heterocycles. The van der Waals surface area contributed by atoms with Gasteiger partial charge in [-0.2, -0.15) is 0 Å². The van der Waals surface area contributed by atoms with Crippen molar-refractivity contribution in [3.63, 3.8) is 0 Å². The average molecular weight is 298 g/mol. The highest BCUT2D eigenvalue weighted by molar-refractivity contribution is 5.87. The Balaban J connectivity index is 0.00000200. The molecular weight excluding hydrogens is 274 g/mol. The number of methoxy groups -OCH3 is 1. The van der Waals surface area contributed by atoms with Crippen molar-refractivity contribution < 1.29 is 4.74 Å². The van der Waals surface area contributed by atoms with Gasteiger partial charge in [0.25, 0.3) is 0 Å². The summed E-state index contributed by atoms with van der Waals surface area (Å²) in [4.78, 5) is 6.87. The predicted molar refractivity (Wildman–Crippen MR) is 87.2 cm³/mol. The number of likely N-dealkylation sites (N-methyl/N-ethyl adjacent to an activating group) is 1. The number of nitrogens with one attached hydrogen (secondary N) is 1. The van der Waals surface area contributed by atoms with Crippen molar-refractivity contribution >= 4 is 23.9 Å². The van der Waals surface area contributed by atoms with Crippen molar-refractivity contribution in [2.75, 3.05) is 38.6 Å². The number of nitrogens with zero attached hydrogens (tertiary/aromatic N) is 2. The van der Waals surface area contributed by atoms with Crippen molar-refractivity contribution in [2.45, 2.75) is 20.5 Å². The second-order valence-electron chi connectivity index (χ2n) is 4.75. The van der Waals surface area contributed by atoms with E-state index < -0.39 is 0 Å². The second-order valence-corrected chi connectivity index (χ2v) is 4.75. The zero-order valence-electron chi connectivity index (χ0n) is 12.5. The van der Waals surface area contributed by atoms with Gasteiger partial charge >= 0.3 is 0 Å². The molecule has 0 aromatic heterocycles. The third-order valence-electron chi connectivity index (χ3n) is 3.59. The molecule has 1 aliphatic heterocycles. The molecular formula is C15H24ClN3O. The Morgan fingerprint density at radius 3 is 2.90 bits per heavy atom. The van der Waals surface area contributed by atoms with Crippen LogP contribution in [0.3, 0.4) is 0 Å². The van der Waals surface area contributed by atoms with E-state index in [1.807, 2.05) is 0 Å². The highest BCUT2D eigenvalue weighted by atomic mass is 35.5. The van der Waals surface area contributed by atoms with Gasteiger partial charge in [0.1, 0.15) is 5.84 Å². The Labute approximate surface area is 127 Å². The van der Waals surface area contributed by atoms with Crippen molar-refractivity contribution in [3.8, 4) is 0 Å². The molecule has 0 radical (unpaired) electrons. The summed E-state index contributed by atoms with van der Waals surface area (Å²) >= 11 is 0. The normalized spacial score (nSPS) is 13.9. The summed E-state index contributed by atoms with van der Waals surface area (Å²) in [6.45, 7) is 8.76. The maximum atomic E-state index is 5.22. The Hall–Kier alpha value is -1.26. The average Bonchev–Trinajstić information content (AvgIpc) is 2.87. The number of halogens is 1. The summed E-state index contributed by atoms with van der Waals surface area (Å²) in [5, 5.41) is 3.49. The monoisotopic (exact) mass is 297 g/mol. The van der Waals surface area contributed by atoms with Crippen LogP contribution in [0.1, 0.15) is 18.1 Å². The summed E-state index contributed by atoms with van der Waals surface area (Å²) in [6, 6.07) is 6.29. The van der Waals surface area contributed by atoms with Gasteiger partial charge in [0.15, 0.2) is 0 Å². The van der Waals surface area contributed by atoms with E-state index in [2.05, 4.69) is 47.3 Å². The number of ether oxygens (including phenoxy) is 1. The molecule has 1 aromatic carbocycles. The van der Waals surface area contributed by atoms with Crippen molar-refractivity contribution in [1.29, 1.82) is 0 Å². The number of hydrogen-bond acceptors (Lipinski definition) is 4. The largest absolute Gasteiger partial charge is 0.380 e. The van der Waals surface area contributed by atoms with Crippen LogP contribution in [-0.4, -0.2) is 44.0 Å². The van der Waals surface area contributed by atoms with Gasteiger partial charge in [-0.25, -0.2) is 0 Å². The van der Waals surface area contributed by atoms with Gasteiger partial charge in [-0.3, -0.25) is 4.99 Å². The minimum absolute atomic E-state index is 0. The van der Waals surface area contributed by atoms with Gasteiger partial charge in [-0.05, 0) is 31.0 Å².